The Hall–Kier alpha value is -2.60. The predicted octanol–water partition coefficient (Wildman–Crippen LogP) is 2.38. The quantitative estimate of drug-likeness (QED) is 0.913. The molecular weight excluding hydrogens is 332 g/mol. The number of amides is 1. The van der Waals surface area contributed by atoms with Gasteiger partial charge < -0.3 is 19.4 Å². The van der Waals surface area contributed by atoms with Crippen LogP contribution >= 0.6 is 0 Å². The van der Waals surface area contributed by atoms with Crippen LogP contribution in [0.25, 0.3) is 0 Å². The van der Waals surface area contributed by atoms with Crippen molar-refractivity contribution in [1.82, 2.24) is 9.88 Å². The molecule has 0 aliphatic carbocycles. The lowest BCUT2D eigenvalue weighted by Crippen LogP contribution is -2.56. The molecule has 0 bridgehead atoms. The van der Waals surface area contributed by atoms with E-state index in [-0.39, 0.29) is 23.0 Å². The molecule has 1 aliphatic rings. The SMILES string of the molecule is Cc1cc(=O)c(C(=O)N2CC(COc3ccccc3)OC(C)(C)C2)c[nH]1. The van der Waals surface area contributed by atoms with Crippen LogP contribution in [0.3, 0.4) is 0 Å². The van der Waals surface area contributed by atoms with E-state index >= 15 is 0 Å². The topological polar surface area (TPSA) is 71.6 Å². The molecule has 1 amide bonds. The number of carbonyl (C=O) groups excluding carboxylic acids is 1. The highest BCUT2D eigenvalue weighted by atomic mass is 16.5. The Bertz CT molecular complexity index is 829. The van der Waals surface area contributed by atoms with Crippen LogP contribution in [0.4, 0.5) is 0 Å². The maximum absolute atomic E-state index is 12.8. The summed E-state index contributed by atoms with van der Waals surface area (Å²) in [4.78, 5) is 29.6. The van der Waals surface area contributed by atoms with Crippen molar-refractivity contribution in [3.05, 3.63) is 64.1 Å². The Kier molecular flexibility index (Phi) is 5.13. The molecule has 6 heteroatoms. The highest BCUT2D eigenvalue weighted by Crippen LogP contribution is 2.23. The predicted molar refractivity (Wildman–Crippen MR) is 98.6 cm³/mol. The summed E-state index contributed by atoms with van der Waals surface area (Å²) in [5, 5.41) is 0. The van der Waals surface area contributed by atoms with Gasteiger partial charge in [-0.25, -0.2) is 0 Å². The Morgan fingerprint density at radius 3 is 2.77 bits per heavy atom. The maximum Gasteiger partial charge on any atom is 0.259 e. The summed E-state index contributed by atoms with van der Waals surface area (Å²) < 4.78 is 11.8. The van der Waals surface area contributed by atoms with E-state index in [2.05, 4.69) is 4.98 Å². The normalized spacial score (nSPS) is 19.2. The van der Waals surface area contributed by atoms with E-state index in [0.29, 0.717) is 19.7 Å². The van der Waals surface area contributed by atoms with Crippen LogP contribution in [-0.2, 0) is 4.74 Å². The zero-order valence-electron chi connectivity index (χ0n) is 15.3. The van der Waals surface area contributed by atoms with Crippen LogP contribution in [0.5, 0.6) is 5.75 Å². The number of para-hydroxylation sites is 1. The number of ether oxygens (including phenoxy) is 2. The average molecular weight is 356 g/mol. The second-order valence-electron chi connectivity index (χ2n) is 7.20. The fourth-order valence-electron chi connectivity index (χ4n) is 3.15. The van der Waals surface area contributed by atoms with Crippen molar-refractivity contribution in [3.8, 4) is 5.75 Å². The molecule has 26 heavy (non-hydrogen) atoms. The smallest absolute Gasteiger partial charge is 0.259 e. The molecule has 1 aromatic carbocycles. The summed E-state index contributed by atoms with van der Waals surface area (Å²) in [6.45, 7) is 6.78. The minimum absolute atomic E-state index is 0.149. The van der Waals surface area contributed by atoms with Crippen LogP contribution in [0.15, 0.2) is 47.4 Å². The van der Waals surface area contributed by atoms with Crippen molar-refractivity contribution in [2.75, 3.05) is 19.7 Å². The number of H-pyrrole nitrogens is 1. The zero-order valence-corrected chi connectivity index (χ0v) is 15.3. The molecule has 0 radical (unpaired) electrons. The number of rotatable bonds is 4. The summed E-state index contributed by atoms with van der Waals surface area (Å²) >= 11 is 0. The molecular formula is C20H24N2O4. The number of hydrogen-bond donors (Lipinski definition) is 1. The molecule has 2 aromatic rings. The molecule has 2 heterocycles. The highest BCUT2D eigenvalue weighted by Gasteiger charge is 2.36. The first kappa shape index (κ1) is 18.2. The monoisotopic (exact) mass is 356 g/mol. The van der Waals surface area contributed by atoms with Gasteiger partial charge in [0.15, 0.2) is 5.43 Å². The maximum atomic E-state index is 12.8. The molecule has 0 spiro atoms. The van der Waals surface area contributed by atoms with Crippen molar-refractivity contribution in [1.29, 1.82) is 0 Å². The lowest BCUT2D eigenvalue weighted by Gasteiger charge is -2.42. The molecule has 1 atom stereocenters. The van der Waals surface area contributed by atoms with Gasteiger partial charge in [0.05, 0.1) is 12.1 Å². The Labute approximate surface area is 152 Å². The van der Waals surface area contributed by atoms with E-state index in [1.807, 2.05) is 44.2 Å². The van der Waals surface area contributed by atoms with Gasteiger partial charge in [0.1, 0.15) is 24.0 Å². The Morgan fingerprint density at radius 1 is 1.35 bits per heavy atom. The lowest BCUT2D eigenvalue weighted by atomic mass is 10.0. The van der Waals surface area contributed by atoms with Crippen LogP contribution < -0.4 is 10.2 Å². The van der Waals surface area contributed by atoms with Gasteiger partial charge in [0.25, 0.3) is 5.91 Å². The van der Waals surface area contributed by atoms with Crippen molar-refractivity contribution >= 4 is 5.91 Å². The summed E-state index contributed by atoms with van der Waals surface area (Å²) in [6, 6.07) is 10.9. The Balaban J connectivity index is 1.72. The molecule has 1 unspecified atom stereocenters. The van der Waals surface area contributed by atoms with Crippen molar-refractivity contribution in [2.45, 2.75) is 32.5 Å². The summed E-state index contributed by atoms with van der Waals surface area (Å²) in [5.74, 6) is 0.472. The third kappa shape index (κ3) is 4.32. The number of hydrogen-bond acceptors (Lipinski definition) is 4. The number of morpholine rings is 1. The van der Waals surface area contributed by atoms with Gasteiger partial charge in [-0.3, -0.25) is 9.59 Å². The lowest BCUT2D eigenvalue weighted by molar-refractivity contribution is -0.136. The first-order valence-corrected chi connectivity index (χ1v) is 8.68. The third-order valence-corrected chi connectivity index (χ3v) is 4.24. The van der Waals surface area contributed by atoms with Crippen molar-refractivity contribution in [3.63, 3.8) is 0 Å². The third-order valence-electron chi connectivity index (χ3n) is 4.24. The number of aromatic nitrogens is 1. The Morgan fingerprint density at radius 2 is 2.08 bits per heavy atom. The largest absolute Gasteiger partial charge is 0.491 e. The number of benzene rings is 1. The van der Waals surface area contributed by atoms with E-state index in [1.165, 1.54) is 12.3 Å². The molecule has 1 N–H and O–H groups in total. The fourth-order valence-corrected chi connectivity index (χ4v) is 3.15. The van der Waals surface area contributed by atoms with Gasteiger partial charge in [-0.15, -0.1) is 0 Å². The van der Waals surface area contributed by atoms with E-state index < -0.39 is 5.60 Å². The van der Waals surface area contributed by atoms with Gasteiger partial charge in [0.2, 0.25) is 0 Å². The molecule has 138 valence electrons. The summed E-state index contributed by atoms with van der Waals surface area (Å²) in [7, 11) is 0. The van der Waals surface area contributed by atoms with Gasteiger partial charge in [0, 0.05) is 24.5 Å². The van der Waals surface area contributed by atoms with Gasteiger partial charge in [-0.05, 0) is 32.9 Å². The van der Waals surface area contributed by atoms with E-state index in [9.17, 15) is 9.59 Å². The second kappa shape index (κ2) is 7.33. The van der Waals surface area contributed by atoms with Crippen LogP contribution in [0.2, 0.25) is 0 Å². The first-order chi connectivity index (χ1) is 12.3. The minimum atomic E-state index is -0.518. The second-order valence-corrected chi connectivity index (χ2v) is 7.20. The van der Waals surface area contributed by atoms with E-state index in [4.69, 9.17) is 9.47 Å². The molecule has 3 rings (SSSR count). The summed E-state index contributed by atoms with van der Waals surface area (Å²) in [5.41, 5.74) is 0.0856. The molecule has 1 fully saturated rings. The number of aromatic amines is 1. The molecule has 1 aromatic heterocycles. The average Bonchev–Trinajstić information content (AvgIpc) is 2.59. The number of nitrogens with zero attached hydrogens (tertiary/aromatic N) is 1. The standard InChI is InChI=1S/C20H24N2O4/c1-14-9-18(23)17(10-21-14)19(24)22-11-16(26-20(2,3)13-22)12-25-15-7-5-4-6-8-15/h4-10,16H,11-13H2,1-3H3,(H,21,23). The highest BCUT2D eigenvalue weighted by molar-refractivity contribution is 5.94. The molecule has 0 saturated carbocycles. The van der Waals surface area contributed by atoms with Crippen LogP contribution in [-0.4, -0.2) is 47.2 Å². The van der Waals surface area contributed by atoms with Gasteiger partial charge in [-0.1, -0.05) is 18.2 Å². The van der Waals surface area contributed by atoms with Crippen LogP contribution in [0.1, 0.15) is 29.9 Å². The number of carbonyl (C=O) groups is 1. The number of aryl methyl sites for hydroxylation is 1. The van der Waals surface area contributed by atoms with Crippen molar-refractivity contribution in [2.24, 2.45) is 0 Å². The van der Waals surface area contributed by atoms with Gasteiger partial charge >= 0.3 is 0 Å². The fraction of sp³-hybridized carbons (Fsp3) is 0.400. The molecule has 1 saturated heterocycles. The zero-order chi connectivity index (χ0) is 18.7. The first-order valence-electron chi connectivity index (χ1n) is 8.68. The van der Waals surface area contributed by atoms with E-state index in [1.54, 1.807) is 11.8 Å². The molecule has 6 nitrogen and oxygen atoms in total. The number of nitrogens with one attached hydrogen (secondary N) is 1. The molecule has 1 aliphatic heterocycles. The van der Waals surface area contributed by atoms with Crippen molar-refractivity contribution < 1.29 is 14.3 Å². The van der Waals surface area contributed by atoms with E-state index in [0.717, 1.165) is 11.4 Å². The summed E-state index contributed by atoms with van der Waals surface area (Å²) in [6.07, 6.45) is 1.21. The van der Waals surface area contributed by atoms with Gasteiger partial charge in [-0.2, -0.15) is 0 Å². The minimum Gasteiger partial charge on any atom is -0.491 e. The van der Waals surface area contributed by atoms with Crippen LogP contribution in [0, 0.1) is 6.92 Å². The number of pyridine rings is 1.